The highest BCUT2D eigenvalue weighted by Gasteiger charge is 2.18. The molecular formula is C14H20N2O2. The molecule has 0 unspecified atom stereocenters. The van der Waals surface area contributed by atoms with E-state index in [4.69, 9.17) is 0 Å². The van der Waals surface area contributed by atoms with Crippen LogP contribution in [-0.4, -0.2) is 11.5 Å². The van der Waals surface area contributed by atoms with Crippen LogP contribution in [0.2, 0.25) is 0 Å². The lowest BCUT2D eigenvalue weighted by molar-refractivity contribution is -0.384. The van der Waals surface area contributed by atoms with Crippen molar-refractivity contribution in [2.75, 3.05) is 11.9 Å². The summed E-state index contributed by atoms with van der Waals surface area (Å²) in [5, 5.41) is 14.3. The fourth-order valence-corrected chi connectivity index (χ4v) is 2.69. The molecule has 0 spiro atoms. The van der Waals surface area contributed by atoms with E-state index in [0.717, 1.165) is 6.54 Å². The summed E-state index contributed by atoms with van der Waals surface area (Å²) in [5.41, 5.74) is 1.59. The lowest BCUT2D eigenvalue weighted by Gasteiger charge is -2.22. The van der Waals surface area contributed by atoms with Crippen molar-refractivity contribution in [1.29, 1.82) is 0 Å². The van der Waals surface area contributed by atoms with Crippen molar-refractivity contribution < 1.29 is 4.92 Å². The van der Waals surface area contributed by atoms with Gasteiger partial charge < -0.3 is 5.32 Å². The molecule has 1 aliphatic rings. The zero-order valence-electron chi connectivity index (χ0n) is 10.8. The number of aryl methyl sites for hydroxylation is 1. The lowest BCUT2D eigenvalue weighted by atomic mass is 9.89. The highest BCUT2D eigenvalue weighted by atomic mass is 16.6. The van der Waals surface area contributed by atoms with Gasteiger partial charge in [0.15, 0.2) is 0 Å². The molecule has 0 amide bonds. The van der Waals surface area contributed by atoms with E-state index in [1.807, 2.05) is 6.07 Å². The second kappa shape index (κ2) is 5.85. The number of nitrogens with one attached hydrogen (secondary N) is 1. The largest absolute Gasteiger partial charge is 0.379 e. The Bertz CT molecular complexity index is 426. The number of para-hydroxylation sites is 1. The van der Waals surface area contributed by atoms with Crippen LogP contribution in [0.25, 0.3) is 0 Å². The second-order valence-corrected chi connectivity index (χ2v) is 5.11. The highest BCUT2D eigenvalue weighted by molar-refractivity contribution is 5.64. The summed E-state index contributed by atoms with van der Waals surface area (Å²) in [5.74, 6) is 0.666. The van der Waals surface area contributed by atoms with Crippen LogP contribution < -0.4 is 5.32 Å². The number of hydrogen-bond donors (Lipinski definition) is 1. The van der Waals surface area contributed by atoms with Crippen molar-refractivity contribution in [2.24, 2.45) is 5.92 Å². The molecule has 1 N–H and O–H groups in total. The van der Waals surface area contributed by atoms with Gasteiger partial charge in [-0.1, -0.05) is 31.4 Å². The molecule has 1 aromatic rings. The third kappa shape index (κ3) is 3.00. The Labute approximate surface area is 108 Å². The zero-order valence-corrected chi connectivity index (χ0v) is 10.8. The first-order valence-corrected chi connectivity index (χ1v) is 6.66. The van der Waals surface area contributed by atoms with E-state index in [9.17, 15) is 10.1 Å². The Morgan fingerprint density at radius 3 is 2.72 bits per heavy atom. The first kappa shape index (κ1) is 12.9. The predicted molar refractivity (Wildman–Crippen MR) is 72.9 cm³/mol. The molecule has 98 valence electrons. The van der Waals surface area contributed by atoms with E-state index in [-0.39, 0.29) is 10.6 Å². The Morgan fingerprint density at radius 2 is 2.06 bits per heavy atom. The molecule has 1 aliphatic carbocycles. The van der Waals surface area contributed by atoms with Gasteiger partial charge in [0, 0.05) is 12.1 Å². The quantitative estimate of drug-likeness (QED) is 0.649. The summed E-state index contributed by atoms with van der Waals surface area (Å²) < 4.78 is 0. The monoisotopic (exact) mass is 248 g/mol. The van der Waals surface area contributed by atoms with E-state index in [0.29, 0.717) is 17.2 Å². The lowest BCUT2D eigenvalue weighted by Crippen LogP contribution is -2.17. The predicted octanol–water partition coefficient (Wildman–Crippen LogP) is 3.90. The molecule has 0 aliphatic heterocycles. The molecule has 4 nitrogen and oxygen atoms in total. The summed E-state index contributed by atoms with van der Waals surface area (Å²) in [4.78, 5) is 10.8. The van der Waals surface area contributed by atoms with Crippen LogP contribution in [0.5, 0.6) is 0 Å². The summed E-state index contributed by atoms with van der Waals surface area (Å²) in [6.45, 7) is 2.63. The van der Waals surface area contributed by atoms with Crippen molar-refractivity contribution >= 4 is 11.4 Å². The normalized spacial score (nSPS) is 16.5. The fourth-order valence-electron chi connectivity index (χ4n) is 2.69. The summed E-state index contributed by atoms with van der Waals surface area (Å²) in [6, 6.07) is 5.45. The van der Waals surface area contributed by atoms with E-state index >= 15 is 0 Å². The maximum Gasteiger partial charge on any atom is 0.295 e. The van der Waals surface area contributed by atoms with Crippen molar-refractivity contribution in [2.45, 2.75) is 39.0 Å². The minimum atomic E-state index is -0.293. The van der Waals surface area contributed by atoms with Gasteiger partial charge >= 0.3 is 0 Å². The molecule has 0 bridgehead atoms. The highest BCUT2D eigenvalue weighted by Crippen LogP contribution is 2.29. The molecule has 0 atom stereocenters. The van der Waals surface area contributed by atoms with Crippen molar-refractivity contribution in [3.63, 3.8) is 0 Å². The van der Waals surface area contributed by atoms with Gasteiger partial charge in [-0.15, -0.1) is 0 Å². The molecule has 0 heterocycles. The van der Waals surface area contributed by atoms with E-state index in [1.54, 1.807) is 19.1 Å². The Hall–Kier alpha value is -1.58. The van der Waals surface area contributed by atoms with Crippen LogP contribution in [0.3, 0.4) is 0 Å². The average molecular weight is 248 g/mol. The molecule has 1 aromatic carbocycles. The maximum atomic E-state index is 11.1. The minimum absolute atomic E-state index is 0.216. The Morgan fingerprint density at radius 1 is 1.33 bits per heavy atom. The fraction of sp³-hybridized carbons (Fsp3) is 0.571. The molecule has 18 heavy (non-hydrogen) atoms. The summed E-state index contributed by atoms with van der Waals surface area (Å²) in [7, 11) is 0. The third-order valence-corrected chi connectivity index (χ3v) is 3.73. The van der Waals surface area contributed by atoms with Gasteiger partial charge in [0.05, 0.1) is 4.92 Å². The topological polar surface area (TPSA) is 55.2 Å². The van der Waals surface area contributed by atoms with Crippen molar-refractivity contribution in [1.82, 2.24) is 0 Å². The van der Waals surface area contributed by atoms with Crippen molar-refractivity contribution in [3.05, 3.63) is 33.9 Å². The van der Waals surface area contributed by atoms with Crippen LogP contribution in [0, 0.1) is 23.0 Å². The van der Waals surface area contributed by atoms with Crippen LogP contribution in [-0.2, 0) is 0 Å². The van der Waals surface area contributed by atoms with Gasteiger partial charge in [-0.25, -0.2) is 0 Å². The maximum absolute atomic E-state index is 11.1. The van der Waals surface area contributed by atoms with Gasteiger partial charge in [-0.3, -0.25) is 10.1 Å². The minimum Gasteiger partial charge on any atom is -0.379 e. The summed E-state index contributed by atoms with van der Waals surface area (Å²) in [6.07, 6.45) is 6.41. The Balaban J connectivity index is 2.04. The number of rotatable bonds is 4. The number of nitro groups is 1. The van der Waals surface area contributed by atoms with Crippen molar-refractivity contribution in [3.8, 4) is 0 Å². The van der Waals surface area contributed by atoms with Crippen LogP contribution in [0.15, 0.2) is 18.2 Å². The standard InChI is InChI=1S/C14H20N2O2/c1-11-6-5-9-13(14(11)16(17)18)15-10-12-7-3-2-4-8-12/h5-6,9,12,15H,2-4,7-8,10H2,1H3. The smallest absolute Gasteiger partial charge is 0.295 e. The van der Waals surface area contributed by atoms with Crippen LogP contribution in [0.1, 0.15) is 37.7 Å². The third-order valence-electron chi connectivity index (χ3n) is 3.73. The van der Waals surface area contributed by atoms with Gasteiger partial charge in [0.1, 0.15) is 5.69 Å². The first-order valence-electron chi connectivity index (χ1n) is 6.66. The number of benzene rings is 1. The second-order valence-electron chi connectivity index (χ2n) is 5.11. The Kier molecular flexibility index (Phi) is 4.18. The SMILES string of the molecule is Cc1cccc(NCC2CCCCC2)c1[N+](=O)[O-]. The van der Waals surface area contributed by atoms with Crippen LogP contribution >= 0.6 is 0 Å². The molecule has 0 saturated heterocycles. The van der Waals surface area contributed by atoms with Gasteiger partial charge in [0.25, 0.3) is 5.69 Å². The van der Waals surface area contributed by atoms with Gasteiger partial charge in [0.2, 0.25) is 0 Å². The van der Waals surface area contributed by atoms with Gasteiger partial charge in [-0.05, 0) is 31.7 Å². The molecule has 1 fully saturated rings. The van der Waals surface area contributed by atoms with E-state index in [2.05, 4.69) is 5.32 Å². The zero-order chi connectivity index (χ0) is 13.0. The molecule has 2 rings (SSSR count). The average Bonchev–Trinajstić information content (AvgIpc) is 2.37. The molecule has 0 aromatic heterocycles. The summed E-state index contributed by atoms with van der Waals surface area (Å²) >= 11 is 0. The number of hydrogen-bond acceptors (Lipinski definition) is 3. The number of nitrogens with zero attached hydrogens (tertiary/aromatic N) is 1. The first-order chi connectivity index (χ1) is 8.68. The van der Waals surface area contributed by atoms with Crippen LogP contribution in [0.4, 0.5) is 11.4 Å². The molecule has 1 saturated carbocycles. The van der Waals surface area contributed by atoms with E-state index < -0.39 is 0 Å². The number of nitro benzene ring substituents is 1. The molecule has 0 radical (unpaired) electrons. The van der Waals surface area contributed by atoms with Gasteiger partial charge in [-0.2, -0.15) is 0 Å². The number of anilines is 1. The molecule has 4 heteroatoms. The molecular weight excluding hydrogens is 228 g/mol. The van der Waals surface area contributed by atoms with E-state index in [1.165, 1.54) is 32.1 Å².